The maximum Gasteiger partial charge on any atom is 0.304 e. The smallest absolute Gasteiger partial charge is 0.304 e. The standard InChI is InChI=1S/C13H15BrO4/c1-17-10-6-8(14)5-9(12(10)18-2)13(3-4-13)7-11(15)16/h5-6H,3-4,7H2,1-2H3,(H,15,16). The van der Waals surface area contributed by atoms with Crippen molar-refractivity contribution < 1.29 is 19.4 Å². The molecule has 0 saturated heterocycles. The summed E-state index contributed by atoms with van der Waals surface area (Å²) in [6.45, 7) is 0. The minimum atomic E-state index is -0.784. The molecule has 98 valence electrons. The summed E-state index contributed by atoms with van der Waals surface area (Å²) in [6.07, 6.45) is 1.87. The van der Waals surface area contributed by atoms with Crippen molar-refractivity contribution in [1.29, 1.82) is 0 Å². The third kappa shape index (κ3) is 2.32. The van der Waals surface area contributed by atoms with Crippen molar-refractivity contribution in [2.75, 3.05) is 14.2 Å². The molecule has 0 aromatic heterocycles. The number of rotatable bonds is 5. The number of carboxylic acids is 1. The molecule has 5 heteroatoms. The van der Waals surface area contributed by atoms with Gasteiger partial charge in [0.1, 0.15) is 0 Å². The summed E-state index contributed by atoms with van der Waals surface area (Å²) in [4.78, 5) is 11.0. The monoisotopic (exact) mass is 314 g/mol. The van der Waals surface area contributed by atoms with E-state index in [2.05, 4.69) is 15.9 Å². The first kappa shape index (κ1) is 13.2. The predicted octanol–water partition coefficient (Wildman–Crippen LogP) is 2.97. The average Bonchev–Trinajstić information content (AvgIpc) is 3.07. The fraction of sp³-hybridized carbons (Fsp3) is 0.462. The largest absolute Gasteiger partial charge is 0.493 e. The number of hydrogen-bond donors (Lipinski definition) is 1. The van der Waals surface area contributed by atoms with Gasteiger partial charge in [0.2, 0.25) is 0 Å². The molecule has 0 aliphatic heterocycles. The highest BCUT2D eigenvalue weighted by Crippen LogP contribution is 2.56. The van der Waals surface area contributed by atoms with Gasteiger partial charge in [-0.05, 0) is 25.0 Å². The lowest BCUT2D eigenvalue weighted by Gasteiger charge is -2.19. The molecule has 4 nitrogen and oxygen atoms in total. The number of ether oxygens (including phenoxy) is 2. The van der Waals surface area contributed by atoms with Crippen LogP contribution in [0.3, 0.4) is 0 Å². The Labute approximate surface area is 114 Å². The first-order valence-corrected chi connectivity index (χ1v) is 6.45. The summed E-state index contributed by atoms with van der Waals surface area (Å²) in [5.74, 6) is 0.478. The molecule has 0 unspecified atom stereocenters. The van der Waals surface area contributed by atoms with Crippen LogP contribution in [-0.2, 0) is 10.2 Å². The number of halogens is 1. The van der Waals surface area contributed by atoms with Crippen LogP contribution in [0.4, 0.5) is 0 Å². The predicted molar refractivity (Wildman–Crippen MR) is 70.4 cm³/mol. The normalized spacial score (nSPS) is 16.2. The molecule has 1 fully saturated rings. The van der Waals surface area contributed by atoms with Crippen molar-refractivity contribution in [3.05, 3.63) is 22.2 Å². The zero-order valence-electron chi connectivity index (χ0n) is 10.3. The van der Waals surface area contributed by atoms with Crippen LogP contribution in [0.1, 0.15) is 24.8 Å². The van der Waals surface area contributed by atoms with E-state index in [-0.39, 0.29) is 11.8 Å². The second-order valence-corrected chi connectivity index (χ2v) is 5.46. The zero-order valence-corrected chi connectivity index (χ0v) is 11.9. The molecule has 0 atom stereocenters. The number of carbonyl (C=O) groups is 1. The van der Waals surface area contributed by atoms with Crippen molar-refractivity contribution in [1.82, 2.24) is 0 Å². The topological polar surface area (TPSA) is 55.8 Å². The van der Waals surface area contributed by atoms with Gasteiger partial charge in [0.05, 0.1) is 20.6 Å². The summed E-state index contributed by atoms with van der Waals surface area (Å²) < 4.78 is 11.5. The molecule has 1 aromatic rings. The number of methoxy groups -OCH3 is 2. The van der Waals surface area contributed by atoms with E-state index in [4.69, 9.17) is 14.6 Å². The summed E-state index contributed by atoms with van der Waals surface area (Å²) in [5.41, 5.74) is 0.618. The van der Waals surface area contributed by atoms with E-state index in [0.717, 1.165) is 22.9 Å². The van der Waals surface area contributed by atoms with E-state index in [1.165, 1.54) is 0 Å². The summed E-state index contributed by atoms with van der Waals surface area (Å²) in [6, 6.07) is 3.75. The van der Waals surface area contributed by atoms with Crippen LogP contribution < -0.4 is 9.47 Å². The molecule has 18 heavy (non-hydrogen) atoms. The molecule has 0 amide bonds. The van der Waals surface area contributed by atoms with Gasteiger partial charge in [-0.2, -0.15) is 0 Å². The molecule has 0 bridgehead atoms. The van der Waals surface area contributed by atoms with Gasteiger partial charge >= 0.3 is 5.97 Å². The Morgan fingerprint density at radius 2 is 2.06 bits per heavy atom. The molecule has 0 radical (unpaired) electrons. The molecule has 0 spiro atoms. The molecule has 1 aliphatic rings. The van der Waals surface area contributed by atoms with E-state index >= 15 is 0 Å². The van der Waals surface area contributed by atoms with Gasteiger partial charge in [0.15, 0.2) is 11.5 Å². The minimum absolute atomic E-state index is 0.128. The number of carboxylic acid groups (broad SMARTS) is 1. The van der Waals surface area contributed by atoms with E-state index < -0.39 is 5.97 Å². The lowest BCUT2D eigenvalue weighted by Crippen LogP contribution is -2.14. The second kappa shape index (κ2) is 4.80. The Morgan fingerprint density at radius 1 is 1.39 bits per heavy atom. The first-order chi connectivity index (χ1) is 8.52. The lowest BCUT2D eigenvalue weighted by atomic mass is 9.91. The number of aliphatic carboxylic acids is 1. The maximum atomic E-state index is 11.0. The Balaban J connectivity index is 2.49. The molecule has 0 heterocycles. The van der Waals surface area contributed by atoms with Gasteiger partial charge < -0.3 is 14.6 Å². The van der Waals surface area contributed by atoms with E-state index in [1.807, 2.05) is 12.1 Å². The quantitative estimate of drug-likeness (QED) is 0.907. The fourth-order valence-corrected chi connectivity index (χ4v) is 2.74. The second-order valence-electron chi connectivity index (χ2n) is 4.54. The van der Waals surface area contributed by atoms with Gasteiger partial charge in [0, 0.05) is 15.5 Å². The van der Waals surface area contributed by atoms with Crippen molar-refractivity contribution in [2.45, 2.75) is 24.7 Å². The highest BCUT2D eigenvalue weighted by Gasteiger charge is 2.48. The lowest BCUT2D eigenvalue weighted by molar-refractivity contribution is -0.137. The van der Waals surface area contributed by atoms with Crippen molar-refractivity contribution in [3.8, 4) is 11.5 Å². The summed E-state index contributed by atoms with van der Waals surface area (Å²) in [5, 5.41) is 9.03. The Hall–Kier alpha value is -1.23. The molecule has 1 N–H and O–H groups in total. The van der Waals surface area contributed by atoms with Gasteiger partial charge in [-0.15, -0.1) is 0 Å². The van der Waals surface area contributed by atoms with Crippen molar-refractivity contribution >= 4 is 21.9 Å². The zero-order chi connectivity index (χ0) is 13.3. The first-order valence-electron chi connectivity index (χ1n) is 5.66. The number of hydrogen-bond acceptors (Lipinski definition) is 3. The van der Waals surface area contributed by atoms with Crippen LogP contribution in [0.25, 0.3) is 0 Å². The molecular formula is C13H15BrO4. The van der Waals surface area contributed by atoms with Gasteiger partial charge in [-0.1, -0.05) is 15.9 Å². The van der Waals surface area contributed by atoms with Gasteiger partial charge in [-0.3, -0.25) is 4.79 Å². The molecular weight excluding hydrogens is 300 g/mol. The van der Waals surface area contributed by atoms with Gasteiger partial charge in [0.25, 0.3) is 0 Å². The maximum absolute atomic E-state index is 11.0. The van der Waals surface area contributed by atoms with Crippen molar-refractivity contribution in [2.24, 2.45) is 0 Å². The van der Waals surface area contributed by atoms with Crippen LogP contribution >= 0.6 is 15.9 Å². The SMILES string of the molecule is COc1cc(Br)cc(C2(CC(=O)O)CC2)c1OC. The highest BCUT2D eigenvalue weighted by atomic mass is 79.9. The van der Waals surface area contributed by atoms with Crippen LogP contribution in [0.2, 0.25) is 0 Å². The molecule has 1 aliphatic carbocycles. The van der Waals surface area contributed by atoms with E-state index in [0.29, 0.717) is 11.5 Å². The van der Waals surface area contributed by atoms with Crippen LogP contribution in [0.15, 0.2) is 16.6 Å². The summed E-state index contributed by atoms with van der Waals surface area (Å²) >= 11 is 3.42. The highest BCUT2D eigenvalue weighted by molar-refractivity contribution is 9.10. The Kier molecular flexibility index (Phi) is 3.52. The van der Waals surface area contributed by atoms with Crippen LogP contribution in [-0.4, -0.2) is 25.3 Å². The summed E-state index contributed by atoms with van der Waals surface area (Å²) in [7, 11) is 3.15. The fourth-order valence-electron chi connectivity index (χ4n) is 2.31. The third-order valence-corrected chi connectivity index (χ3v) is 3.82. The average molecular weight is 315 g/mol. The van der Waals surface area contributed by atoms with Gasteiger partial charge in [-0.25, -0.2) is 0 Å². The Bertz CT molecular complexity index is 480. The Morgan fingerprint density at radius 3 is 2.50 bits per heavy atom. The molecule has 1 aromatic carbocycles. The van der Waals surface area contributed by atoms with Crippen LogP contribution in [0, 0.1) is 0 Å². The molecule has 1 saturated carbocycles. The van der Waals surface area contributed by atoms with E-state index in [9.17, 15) is 4.79 Å². The van der Waals surface area contributed by atoms with Crippen molar-refractivity contribution in [3.63, 3.8) is 0 Å². The third-order valence-electron chi connectivity index (χ3n) is 3.36. The molecule has 2 rings (SSSR count). The van der Waals surface area contributed by atoms with Crippen LogP contribution in [0.5, 0.6) is 11.5 Å². The van der Waals surface area contributed by atoms with E-state index in [1.54, 1.807) is 14.2 Å². The number of benzene rings is 1. The minimum Gasteiger partial charge on any atom is -0.493 e.